The van der Waals surface area contributed by atoms with Crippen molar-refractivity contribution in [3.63, 3.8) is 0 Å². The molecule has 4 unspecified atom stereocenters. The van der Waals surface area contributed by atoms with Crippen LogP contribution in [0, 0.1) is 23.7 Å². The highest BCUT2D eigenvalue weighted by Crippen LogP contribution is 2.66. The van der Waals surface area contributed by atoms with Crippen LogP contribution in [0.15, 0.2) is 0 Å². The molecular formula is C15H22ClN5. The van der Waals surface area contributed by atoms with Crippen LogP contribution in [0.25, 0.3) is 0 Å². The van der Waals surface area contributed by atoms with E-state index in [4.69, 9.17) is 11.6 Å². The van der Waals surface area contributed by atoms with Gasteiger partial charge < -0.3 is 10.2 Å². The first-order chi connectivity index (χ1) is 10.2. The van der Waals surface area contributed by atoms with Crippen molar-refractivity contribution in [2.45, 2.75) is 39.2 Å². The lowest BCUT2D eigenvalue weighted by atomic mass is 10.0. The SMILES string of the molecule is CCN(CC)c1nc(Cl)nc(NC2C3C4CCC(C4)C23)n1. The van der Waals surface area contributed by atoms with Crippen LogP contribution in [-0.4, -0.2) is 34.1 Å². The Labute approximate surface area is 130 Å². The van der Waals surface area contributed by atoms with Gasteiger partial charge in [0.05, 0.1) is 0 Å². The van der Waals surface area contributed by atoms with Crippen LogP contribution in [0.4, 0.5) is 11.9 Å². The third kappa shape index (κ3) is 2.17. The molecule has 0 saturated heterocycles. The topological polar surface area (TPSA) is 53.9 Å². The highest BCUT2D eigenvalue weighted by Gasteiger charge is 2.65. The van der Waals surface area contributed by atoms with Crippen molar-refractivity contribution in [3.8, 4) is 0 Å². The summed E-state index contributed by atoms with van der Waals surface area (Å²) in [4.78, 5) is 15.2. The van der Waals surface area contributed by atoms with Gasteiger partial charge in [-0.05, 0) is 68.4 Å². The molecule has 6 heteroatoms. The van der Waals surface area contributed by atoms with Crippen LogP contribution in [0.1, 0.15) is 33.1 Å². The van der Waals surface area contributed by atoms with Gasteiger partial charge in [0, 0.05) is 19.1 Å². The third-order valence-corrected chi connectivity index (χ3v) is 5.84. The average molecular weight is 308 g/mol. The normalized spacial score (nSPS) is 35.7. The Morgan fingerprint density at radius 1 is 1.10 bits per heavy atom. The van der Waals surface area contributed by atoms with Crippen molar-refractivity contribution in [2.24, 2.45) is 23.7 Å². The van der Waals surface area contributed by atoms with Gasteiger partial charge in [-0.2, -0.15) is 15.0 Å². The summed E-state index contributed by atoms with van der Waals surface area (Å²) in [7, 11) is 0. The Morgan fingerprint density at radius 2 is 1.76 bits per heavy atom. The smallest absolute Gasteiger partial charge is 0.231 e. The molecule has 1 heterocycles. The van der Waals surface area contributed by atoms with E-state index in [0.717, 1.165) is 36.8 Å². The van der Waals surface area contributed by atoms with E-state index in [2.05, 4.69) is 39.0 Å². The summed E-state index contributed by atoms with van der Waals surface area (Å²) in [5, 5.41) is 3.81. The minimum Gasteiger partial charge on any atom is -0.351 e. The van der Waals surface area contributed by atoms with E-state index in [1.165, 1.54) is 19.3 Å². The first-order valence-corrected chi connectivity index (χ1v) is 8.52. The van der Waals surface area contributed by atoms with Crippen molar-refractivity contribution in [1.82, 2.24) is 15.0 Å². The standard InChI is InChI=1S/C15H22ClN5/c1-3-21(4-2)15-19-13(16)18-14(20-15)17-12-10-8-5-6-9(7-8)11(10)12/h8-12H,3-7H2,1-2H3,(H,17,18,19,20). The first-order valence-electron chi connectivity index (χ1n) is 8.14. The maximum Gasteiger partial charge on any atom is 0.231 e. The number of hydrogen-bond acceptors (Lipinski definition) is 5. The molecule has 1 aromatic rings. The first kappa shape index (κ1) is 13.6. The molecule has 3 aliphatic rings. The van der Waals surface area contributed by atoms with Gasteiger partial charge in [0.25, 0.3) is 0 Å². The molecule has 1 N–H and O–H groups in total. The summed E-state index contributed by atoms with van der Waals surface area (Å²) in [6, 6.07) is 0.569. The van der Waals surface area contributed by atoms with Gasteiger partial charge >= 0.3 is 0 Å². The highest BCUT2D eigenvalue weighted by atomic mass is 35.5. The van der Waals surface area contributed by atoms with E-state index < -0.39 is 0 Å². The molecule has 5 nitrogen and oxygen atoms in total. The molecule has 0 radical (unpaired) electrons. The van der Waals surface area contributed by atoms with Crippen molar-refractivity contribution in [2.75, 3.05) is 23.3 Å². The monoisotopic (exact) mass is 307 g/mol. The second kappa shape index (κ2) is 4.97. The molecule has 4 atom stereocenters. The second-order valence-electron chi connectivity index (χ2n) is 6.56. The summed E-state index contributed by atoms with van der Waals surface area (Å²) >= 11 is 6.07. The van der Waals surface area contributed by atoms with Crippen LogP contribution in [0.2, 0.25) is 5.28 Å². The minimum absolute atomic E-state index is 0.281. The molecular weight excluding hydrogens is 286 g/mol. The lowest BCUT2D eigenvalue weighted by Gasteiger charge is -2.19. The van der Waals surface area contributed by atoms with Crippen molar-refractivity contribution in [3.05, 3.63) is 5.28 Å². The van der Waals surface area contributed by atoms with Gasteiger partial charge in [0.15, 0.2) is 0 Å². The van der Waals surface area contributed by atoms with Crippen molar-refractivity contribution in [1.29, 1.82) is 0 Å². The van der Waals surface area contributed by atoms with E-state index >= 15 is 0 Å². The number of aromatic nitrogens is 3. The van der Waals surface area contributed by atoms with Crippen molar-refractivity contribution >= 4 is 23.5 Å². The minimum atomic E-state index is 0.281. The van der Waals surface area contributed by atoms with E-state index in [9.17, 15) is 0 Å². The summed E-state index contributed by atoms with van der Waals surface area (Å²) in [5.41, 5.74) is 0. The molecule has 0 aliphatic heterocycles. The Hall–Kier alpha value is -1.10. The van der Waals surface area contributed by atoms with Crippen molar-refractivity contribution < 1.29 is 0 Å². The highest BCUT2D eigenvalue weighted by molar-refractivity contribution is 6.28. The number of rotatable bonds is 5. The Balaban J connectivity index is 1.51. The zero-order valence-corrected chi connectivity index (χ0v) is 13.3. The second-order valence-corrected chi connectivity index (χ2v) is 6.90. The fourth-order valence-corrected chi connectivity index (χ4v) is 4.88. The number of hydrogen-bond donors (Lipinski definition) is 1. The maximum absolute atomic E-state index is 6.07. The molecule has 3 aliphatic carbocycles. The zero-order chi connectivity index (χ0) is 14.6. The summed E-state index contributed by atoms with van der Waals surface area (Å²) in [5.74, 6) is 4.92. The van der Waals surface area contributed by atoms with E-state index in [0.29, 0.717) is 17.9 Å². The summed E-state index contributed by atoms with van der Waals surface area (Å²) in [6.07, 6.45) is 4.30. The zero-order valence-electron chi connectivity index (χ0n) is 12.6. The van der Waals surface area contributed by atoms with Gasteiger partial charge in [0.2, 0.25) is 17.2 Å². The van der Waals surface area contributed by atoms with E-state index in [-0.39, 0.29) is 5.28 Å². The molecule has 2 bridgehead atoms. The molecule has 0 spiro atoms. The Morgan fingerprint density at radius 3 is 2.38 bits per heavy atom. The number of fused-ring (bicyclic) bond motifs is 5. The van der Waals surface area contributed by atoms with Crippen LogP contribution < -0.4 is 10.2 Å². The van der Waals surface area contributed by atoms with Gasteiger partial charge in [-0.15, -0.1) is 0 Å². The van der Waals surface area contributed by atoms with Crippen LogP contribution in [0.5, 0.6) is 0 Å². The lowest BCUT2D eigenvalue weighted by Crippen LogP contribution is -2.25. The molecule has 0 aromatic carbocycles. The molecule has 0 amide bonds. The number of anilines is 2. The Kier molecular flexibility index (Phi) is 3.21. The number of nitrogens with one attached hydrogen (secondary N) is 1. The Bertz CT molecular complexity index is 531. The molecule has 4 rings (SSSR count). The van der Waals surface area contributed by atoms with Gasteiger partial charge in [-0.25, -0.2) is 0 Å². The van der Waals surface area contributed by atoms with E-state index in [1.54, 1.807) is 0 Å². The average Bonchev–Trinajstić information content (AvgIpc) is 2.85. The van der Waals surface area contributed by atoms with Gasteiger partial charge in [-0.1, -0.05) is 0 Å². The predicted molar refractivity (Wildman–Crippen MR) is 83.6 cm³/mol. The predicted octanol–water partition coefficient (Wildman–Crippen LogP) is 2.83. The molecule has 1 aromatic heterocycles. The summed E-state index contributed by atoms with van der Waals surface area (Å²) < 4.78 is 0. The van der Waals surface area contributed by atoms with Gasteiger partial charge in [-0.3, -0.25) is 0 Å². The molecule has 21 heavy (non-hydrogen) atoms. The lowest BCUT2D eigenvalue weighted by molar-refractivity contribution is 0.456. The fourth-order valence-electron chi connectivity index (χ4n) is 4.72. The largest absolute Gasteiger partial charge is 0.351 e. The number of halogens is 1. The van der Waals surface area contributed by atoms with Gasteiger partial charge in [0.1, 0.15) is 0 Å². The molecule has 114 valence electrons. The third-order valence-electron chi connectivity index (χ3n) is 5.67. The number of nitrogens with zero attached hydrogens (tertiary/aromatic N) is 4. The fraction of sp³-hybridized carbons (Fsp3) is 0.800. The van der Waals surface area contributed by atoms with E-state index in [1.807, 2.05) is 0 Å². The summed E-state index contributed by atoms with van der Waals surface area (Å²) in [6.45, 7) is 5.93. The maximum atomic E-state index is 6.07. The molecule has 3 fully saturated rings. The van der Waals surface area contributed by atoms with Crippen LogP contribution in [-0.2, 0) is 0 Å². The molecule has 3 saturated carbocycles. The van der Waals surface area contributed by atoms with Crippen LogP contribution in [0.3, 0.4) is 0 Å². The van der Waals surface area contributed by atoms with Crippen LogP contribution >= 0.6 is 11.6 Å². The quantitative estimate of drug-likeness (QED) is 0.906.